The number of Topliss-reactive ketones (excluding diaryl/α,β-unsaturated/α-hetero) is 1. The molecule has 0 aliphatic carbocycles. The van der Waals surface area contributed by atoms with E-state index in [0.29, 0.717) is 38.1 Å². The number of esters is 1. The number of hydrogen-bond donors (Lipinski definition) is 2. The quantitative estimate of drug-likeness (QED) is 0.211. The minimum Gasteiger partial charge on any atom is -0.458 e. The van der Waals surface area contributed by atoms with Gasteiger partial charge in [0.25, 0.3) is 6.02 Å². The summed E-state index contributed by atoms with van der Waals surface area (Å²) < 4.78 is 40.9. The zero-order chi connectivity index (χ0) is 41.9. The number of nitrogens with zero attached hydrogens (tertiary/aromatic N) is 5. The van der Waals surface area contributed by atoms with Crippen molar-refractivity contribution in [3.63, 3.8) is 0 Å². The number of amidine groups is 1. The van der Waals surface area contributed by atoms with E-state index in [1.165, 1.54) is 0 Å². The van der Waals surface area contributed by atoms with E-state index in [9.17, 15) is 14.7 Å². The van der Waals surface area contributed by atoms with Crippen molar-refractivity contribution in [2.24, 2.45) is 33.6 Å². The molecule has 3 fully saturated rings. The highest BCUT2D eigenvalue weighted by Gasteiger charge is 2.55. The molecule has 4 aliphatic rings. The number of carbonyl (C=O) groups excluding carboxylic acids is 2. The number of aromatic nitrogens is 2. The lowest BCUT2D eigenvalue weighted by Gasteiger charge is -2.46. The molecule has 1 aromatic heterocycles. The van der Waals surface area contributed by atoms with E-state index in [2.05, 4.69) is 19.7 Å². The minimum absolute atomic E-state index is 0.00443. The van der Waals surface area contributed by atoms with Gasteiger partial charge < -0.3 is 53.6 Å². The van der Waals surface area contributed by atoms with E-state index < -0.39 is 71.7 Å². The summed E-state index contributed by atoms with van der Waals surface area (Å²) in [6, 6.07) is 6.97. The highest BCUT2D eigenvalue weighted by molar-refractivity contribution is 5.87. The van der Waals surface area contributed by atoms with Crippen molar-refractivity contribution in [3.8, 4) is 0 Å². The molecule has 4 aliphatic heterocycles. The molecule has 322 valence electrons. The van der Waals surface area contributed by atoms with Crippen LogP contribution in [0.1, 0.15) is 80.6 Å². The second kappa shape index (κ2) is 18.3. The van der Waals surface area contributed by atoms with Crippen molar-refractivity contribution >= 4 is 34.5 Å². The zero-order valence-corrected chi connectivity index (χ0v) is 35.5. The number of aryl methyl sites for hydroxylation is 1. The van der Waals surface area contributed by atoms with Crippen LogP contribution >= 0.6 is 0 Å². The Kier molecular flexibility index (Phi) is 13.9. The first kappa shape index (κ1) is 43.9. The van der Waals surface area contributed by atoms with E-state index in [1.807, 2.05) is 84.2 Å². The van der Waals surface area contributed by atoms with Gasteiger partial charge in [-0.15, -0.1) is 0 Å². The van der Waals surface area contributed by atoms with Gasteiger partial charge in [0.15, 0.2) is 11.9 Å². The predicted octanol–water partition coefficient (Wildman–Crippen LogP) is 3.85. The number of carbonyl (C=O) groups is 2. The number of aliphatic hydroxyl groups is 1. The Labute approximate surface area is 341 Å². The number of fused-ring (bicyclic) bond motifs is 5. The second-order valence-electron chi connectivity index (χ2n) is 17.3. The second-order valence-corrected chi connectivity index (χ2v) is 17.3. The first-order valence-electron chi connectivity index (χ1n) is 20.8. The molecule has 2 aromatic rings. The van der Waals surface area contributed by atoms with Crippen LogP contribution in [0.3, 0.4) is 0 Å². The van der Waals surface area contributed by atoms with Gasteiger partial charge in [0.1, 0.15) is 36.4 Å². The average molecular weight is 813 g/mol. The van der Waals surface area contributed by atoms with Gasteiger partial charge in [-0.1, -0.05) is 38.1 Å². The molecule has 0 radical (unpaired) electrons. The van der Waals surface area contributed by atoms with Crippen LogP contribution in [0.4, 0.5) is 0 Å². The van der Waals surface area contributed by atoms with Crippen LogP contribution in [0.25, 0.3) is 11.0 Å². The monoisotopic (exact) mass is 812 g/mol. The number of para-hydroxylation sites is 2. The van der Waals surface area contributed by atoms with Crippen LogP contribution < -0.4 is 5.73 Å². The molecule has 58 heavy (non-hydrogen) atoms. The Morgan fingerprint density at radius 2 is 1.84 bits per heavy atom. The predicted molar refractivity (Wildman–Crippen MR) is 216 cm³/mol. The number of aliphatic imine (C=N–C) groups is 1. The summed E-state index contributed by atoms with van der Waals surface area (Å²) >= 11 is 0. The molecule has 0 spiro atoms. The SMILES string of the molecule is CC[C@H]1OC(=O)[C@H](C)[C@H]2C[C@@H](OC3O[C@H](C)C[C@H](N(C)C)[C@H]3O)[C@](C)(C[C@@H](C)C(=O)[C@H](C)C3N=C(N)OC31C)OC/C(=N/OCCCn1cnc3ccccc31)CO2. The number of oxime groups is 1. The van der Waals surface area contributed by atoms with Gasteiger partial charge in [0.05, 0.1) is 60.4 Å². The molecule has 3 N–H and O–H groups in total. The molecule has 6 rings (SSSR count). The molecule has 13 atom stereocenters. The molecule has 0 saturated carbocycles. The number of ketones is 1. The van der Waals surface area contributed by atoms with Crippen molar-refractivity contribution in [1.82, 2.24) is 14.5 Å². The summed E-state index contributed by atoms with van der Waals surface area (Å²) in [5.74, 6) is -2.62. The number of ether oxygens (including phenoxy) is 6. The summed E-state index contributed by atoms with van der Waals surface area (Å²) in [4.78, 5) is 45.6. The normalized spacial score (nSPS) is 38.6. The van der Waals surface area contributed by atoms with Crippen LogP contribution in [0.15, 0.2) is 40.7 Å². The maximum absolute atomic E-state index is 14.5. The third-order valence-corrected chi connectivity index (χ3v) is 12.6. The van der Waals surface area contributed by atoms with Gasteiger partial charge in [0.2, 0.25) is 0 Å². The number of imidazole rings is 1. The summed E-state index contributed by atoms with van der Waals surface area (Å²) in [5, 5.41) is 16.1. The third-order valence-electron chi connectivity index (χ3n) is 12.6. The highest BCUT2D eigenvalue weighted by atomic mass is 16.7. The van der Waals surface area contributed by atoms with Gasteiger partial charge in [-0.2, -0.15) is 0 Å². The van der Waals surface area contributed by atoms with Crippen molar-refractivity contribution < 1.29 is 48.0 Å². The smallest absolute Gasteiger partial charge is 0.311 e. The van der Waals surface area contributed by atoms with Gasteiger partial charge >= 0.3 is 5.97 Å². The number of aliphatic hydroxyl groups excluding tert-OH is 1. The van der Waals surface area contributed by atoms with Crippen molar-refractivity contribution in [2.75, 3.05) is 33.9 Å². The number of nitrogens with two attached hydrogens (primary N) is 1. The number of likely N-dealkylation sites (N-methyl/N-ethyl adjacent to an activating group) is 1. The first-order valence-corrected chi connectivity index (χ1v) is 20.8. The molecule has 5 heterocycles. The van der Waals surface area contributed by atoms with Gasteiger partial charge in [0, 0.05) is 37.3 Å². The summed E-state index contributed by atoms with van der Waals surface area (Å²) in [5.41, 5.74) is 6.22. The molecule has 3 unspecified atom stereocenters. The summed E-state index contributed by atoms with van der Waals surface area (Å²) in [7, 11) is 3.83. The Balaban J connectivity index is 1.32. The molecule has 16 heteroatoms. The van der Waals surface area contributed by atoms with E-state index in [0.717, 1.165) is 11.0 Å². The van der Waals surface area contributed by atoms with E-state index in [-0.39, 0.29) is 50.0 Å². The van der Waals surface area contributed by atoms with Crippen molar-refractivity contribution in [3.05, 3.63) is 30.6 Å². The Hall–Kier alpha value is -3.67. The van der Waals surface area contributed by atoms with Crippen LogP contribution in [-0.2, 0) is 49.4 Å². The lowest BCUT2D eigenvalue weighted by atomic mass is 9.75. The van der Waals surface area contributed by atoms with Crippen molar-refractivity contribution in [2.45, 2.75) is 147 Å². The fraction of sp³-hybridized carbons (Fsp3) is 0.738. The third kappa shape index (κ3) is 9.37. The highest BCUT2D eigenvalue weighted by Crippen LogP contribution is 2.41. The topological polar surface area (TPSA) is 191 Å². The molecular weight excluding hydrogens is 748 g/mol. The largest absolute Gasteiger partial charge is 0.458 e. The fourth-order valence-electron chi connectivity index (χ4n) is 9.11. The van der Waals surface area contributed by atoms with E-state index in [4.69, 9.17) is 39.0 Å². The van der Waals surface area contributed by atoms with E-state index in [1.54, 1.807) is 13.8 Å². The Bertz CT molecular complexity index is 1800. The number of benzene rings is 1. The molecule has 1 aromatic carbocycles. The van der Waals surface area contributed by atoms with Crippen LogP contribution in [0.5, 0.6) is 0 Å². The standard InChI is InChI=1S/C42H64N6O10/c1-10-33-42(7)37(45-40(43)58-42)27(5)35(49)24(2)20-41(6)34(57-39-36(50)31(47(8)9)18-25(3)55-39)19-32(26(4)38(51)56-33)52-21-28(22-53-41)46-54-17-13-16-48-23-44-29-14-11-12-15-30(29)48/h11-12,14-15,23-27,31-34,36-37,39,50H,10,13,16-22H2,1-9H3,(H2,43,45)/b46-28+/t24-,25-,26-,27+,31+,32-,33-,34-,36-,37?,39?,41+,42?/m1/s1. The number of hydrogen-bond acceptors (Lipinski definition) is 15. The van der Waals surface area contributed by atoms with Crippen LogP contribution in [-0.4, -0.2) is 137 Å². The fourth-order valence-corrected chi connectivity index (χ4v) is 9.11. The van der Waals surface area contributed by atoms with Crippen molar-refractivity contribution in [1.29, 1.82) is 0 Å². The molecule has 0 amide bonds. The Morgan fingerprint density at radius 1 is 1.09 bits per heavy atom. The van der Waals surface area contributed by atoms with E-state index >= 15 is 0 Å². The van der Waals surface area contributed by atoms with Gasteiger partial charge in [-0.05, 0) is 73.2 Å². The molecular formula is C42H64N6O10. The first-order chi connectivity index (χ1) is 27.5. The number of cyclic esters (lactones) is 1. The van der Waals surface area contributed by atoms with Gasteiger partial charge in [-0.25, -0.2) is 9.98 Å². The minimum atomic E-state index is -1.18. The average Bonchev–Trinajstić information content (AvgIpc) is 3.76. The lowest BCUT2D eigenvalue weighted by molar-refractivity contribution is -0.294. The Morgan fingerprint density at radius 3 is 2.59 bits per heavy atom. The maximum Gasteiger partial charge on any atom is 0.311 e. The van der Waals surface area contributed by atoms with Gasteiger partial charge in [-0.3, -0.25) is 9.59 Å². The molecule has 16 nitrogen and oxygen atoms in total. The molecule has 3 saturated heterocycles. The summed E-state index contributed by atoms with van der Waals surface area (Å²) in [6.45, 7) is 14.0. The maximum atomic E-state index is 14.5. The lowest BCUT2D eigenvalue weighted by Crippen LogP contribution is -2.58. The van der Waals surface area contributed by atoms with Crippen LogP contribution in [0, 0.1) is 17.8 Å². The molecule has 2 bridgehead atoms. The number of rotatable bonds is 9. The zero-order valence-electron chi connectivity index (χ0n) is 35.5. The van der Waals surface area contributed by atoms with Crippen LogP contribution in [0.2, 0.25) is 0 Å². The summed E-state index contributed by atoms with van der Waals surface area (Å²) in [6.07, 6.45) is -0.756.